The molecule has 8 nitrogen and oxygen atoms in total. The Morgan fingerprint density at radius 3 is 2.48 bits per heavy atom. The van der Waals surface area contributed by atoms with Gasteiger partial charge in [-0.2, -0.15) is 4.31 Å². The van der Waals surface area contributed by atoms with Gasteiger partial charge in [0, 0.05) is 19.2 Å². The second-order valence-corrected chi connectivity index (χ2v) is 6.56. The van der Waals surface area contributed by atoms with Crippen molar-refractivity contribution in [2.24, 2.45) is 0 Å². The average molecular weight is 337 g/mol. The van der Waals surface area contributed by atoms with Crippen LogP contribution in [-0.2, 0) is 10.0 Å². The van der Waals surface area contributed by atoms with Crippen molar-refractivity contribution in [2.75, 3.05) is 20.1 Å². The smallest absolute Gasteiger partial charge is 0.287 e. The zero-order valence-electron chi connectivity index (χ0n) is 11.4. The molecule has 0 amide bonds. The van der Waals surface area contributed by atoms with E-state index in [-0.39, 0.29) is 29.2 Å². The molecule has 1 saturated heterocycles. The molecule has 0 aromatic carbocycles. The molecule has 1 aromatic rings. The van der Waals surface area contributed by atoms with E-state index in [9.17, 15) is 18.5 Å². The molecule has 2 heterocycles. The zero-order chi connectivity index (χ0) is 14.8. The van der Waals surface area contributed by atoms with Crippen molar-refractivity contribution in [1.29, 1.82) is 0 Å². The predicted molar refractivity (Wildman–Crippen MR) is 79.0 cm³/mol. The summed E-state index contributed by atoms with van der Waals surface area (Å²) in [6, 6.07) is 2.25. The Morgan fingerprint density at radius 1 is 1.38 bits per heavy atom. The maximum atomic E-state index is 12.4. The maximum absolute atomic E-state index is 12.4. The Hall–Kier alpha value is -1.29. The molecule has 0 saturated carbocycles. The second-order valence-electron chi connectivity index (χ2n) is 4.61. The zero-order valence-corrected chi connectivity index (χ0v) is 13.1. The van der Waals surface area contributed by atoms with Crippen LogP contribution in [0.25, 0.3) is 0 Å². The van der Waals surface area contributed by atoms with Crippen LogP contribution in [0.1, 0.15) is 12.8 Å². The monoisotopic (exact) mass is 336 g/mol. The van der Waals surface area contributed by atoms with Gasteiger partial charge in [-0.3, -0.25) is 10.1 Å². The number of piperidine rings is 1. The van der Waals surface area contributed by atoms with Crippen molar-refractivity contribution >= 4 is 28.1 Å². The molecular weight excluding hydrogens is 320 g/mol. The summed E-state index contributed by atoms with van der Waals surface area (Å²) >= 11 is 0. The van der Waals surface area contributed by atoms with Crippen LogP contribution in [0.2, 0.25) is 0 Å². The van der Waals surface area contributed by atoms with Gasteiger partial charge in [0.15, 0.2) is 5.03 Å². The molecule has 0 unspecified atom stereocenters. The topological polar surface area (TPSA) is 105 Å². The molecule has 0 radical (unpaired) electrons. The van der Waals surface area contributed by atoms with Gasteiger partial charge in [-0.25, -0.2) is 13.4 Å². The Labute approximate surface area is 129 Å². The number of hydrogen-bond donors (Lipinski definition) is 1. The molecule has 1 aliphatic rings. The Morgan fingerprint density at radius 2 is 2.00 bits per heavy atom. The third kappa shape index (κ3) is 3.88. The van der Waals surface area contributed by atoms with E-state index in [1.165, 1.54) is 17.4 Å². The van der Waals surface area contributed by atoms with Gasteiger partial charge in [0.25, 0.3) is 15.7 Å². The maximum Gasteiger partial charge on any atom is 0.287 e. The van der Waals surface area contributed by atoms with Gasteiger partial charge in [0.2, 0.25) is 0 Å². The summed E-state index contributed by atoms with van der Waals surface area (Å²) in [5, 5.41) is 13.5. The lowest BCUT2D eigenvalue weighted by molar-refractivity contribution is -0.385. The summed E-state index contributed by atoms with van der Waals surface area (Å²) in [4.78, 5) is 13.6. The highest BCUT2D eigenvalue weighted by Crippen LogP contribution is 2.20. The van der Waals surface area contributed by atoms with Crippen LogP contribution in [0.5, 0.6) is 0 Å². The van der Waals surface area contributed by atoms with E-state index in [1.807, 2.05) is 0 Å². The minimum atomic E-state index is -3.71. The number of nitrogens with one attached hydrogen (secondary N) is 1. The van der Waals surface area contributed by atoms with Gasteiger partial charge in [-0.15, -0.1) is 12.4 Å². The number of nitrogens with zero attached hydrogens (tertiary/aromatic N) is 3. The molecule has 0 aliphatic carbocycles. The Kier molecular flexibility index (Phi) is 6.02. The van der Waals surface area contributed by atoms with Crippen molar-refractivity contribution in [3.05, 3.63) is 28.4 Å². The highest BCUT2D eigenvalue weighted by molar-refractivity contribution is 7.89. The first-order valence-electron chi connectivity index (χ1n) is 6.22. The number of nitro groups is 1. The lowest BCUT2D eigenvalue weighted by Gasteiger charge is -2.30. The van der Waals surface area contributed by atoms with Crippen LogP contribution in [0.3, 0.4) is 0 Å². The van der Waals surface area contributed by atoms with Crippen LogP contribution >= 0.6 is 12.4 Å². The molecule has 118 valence electrons. The molecule has 1 fully saturated rings. The van der Waals surface area contributed by atoms with Crippen LogP contribution < -0.4 is 5.32 Å². The third-order valence-electron chi connectivity index (χ3n) is 3.40. The summed E-state index contributed by atoms with van der Waals surface area (Å²) in [6.07, 6.45) is 2.44. The summed E-state index contributed by atoms with van der Waals surface area (Å²) in [6.45, 7) is 1.55. The van der Waals surface area contributed by atoms with Gasteiger partial charge in [-0.05, 0) is 32.0 Å². The Bertz CT molecular complexity index is 587. The van der Waals surface area contributed by atoms with Gasteiger partial charge in [0.1, 0.15) is 6.20 Å². The van der Waals surface area contributed by atoms with E-state index < -0.39 is 14.9 Å². The van der Waals surface area contributed by atoms with Crippen LogP contribution in [0.4, 0.5) is 5.69 Å². The largest absolute Gasteiger partial charge is 0.317 e. The van der Waals surface area contributed by atoms with Crippen molar-refractivity contribution in [3.8, 4) is 0 Å². The number of pyridine rings is 1. The Balaban J connectivity index is 0.00000220. The number of aromatic nitrogens is 1. The van der Waals surface area contributed by atoms with Gasteiger partial charge >= 0.3 is 0 Å². The van der Waals surface area contributed by atoms with E-state index in [0.717, 1.165) is 38.2 Å². The van der Waals surface area contributed by atoms with Crippen molar-refractivity contribution in [3.63, 3.8) is 0 Å². The van der Waals surface area contributed by atoms with E-state index in [4.69, 9.17) is 0 Å². The first-order valence-corrected chi connectivity index (χ1v) is 7.66. The standard InChI is InChI=1S/C11H16N4O4S.ClH/c1-14(9-4-6-12-7-5-9)20(18,19)11-3-2-10(8-13-11)15(16)17;/h2-3,8-9,12H,4-7H2,1H3;1H. The lowest BCUT2D eigenvalue weighted by atomic mass is 10.1. The first kappa shape index (κ1) is 17.8. The number of halogens is 1. The van der Waals surface area contributed by atoms with E-state index in [2.05, 4.69) is 10.3 Å². The van der Waals surface area contributed by atoms with Gasteiger partial charge in [0.05, 0.1) is 4.92 Å². The van der Waals surface area contributed by atoms with Crippen molar-refractivity contribution < 1.29 is 13.3 Å². The van der Waals surface area contributed by atoms with E-state index in [1.54, 1.807) is 0 Å². The van der Waals surface area contributed by atoms with Crippen molar-refractivity contribution in [2.45, 2.75) is 23.9 Å². The summed E-state index contributed by atoms with van der Waals surface area (Å²) in [5.41, 5.74) is -0.228. The predicted octanol–water partition coefficient (Wildman–Crippen LogP) is 0.784. The molecule has 1 aromatic heterocycles. The van der Waals surface area contributed by atoms with Crippen molar-refractivity contribution in [1.82, 2.24) is 14.6 Å². The lowest BCUT2D eigenvalue weighted by Crippen LogP contribution is -2.44. The van der Waals surface area contributed by atoms with E-state index >= 15 is 0 Å². The molecule has 10 heteroatoms. The minimum absolute atomic E-state index is 0. The molecule has 0 bridgehead atoms. The average Bonchev–Trinajstić information content (AvgIpc) is 2.47. The number of rotatable bonds is 4. The first-order chi connectivity index (χ1) is 9.43. The van der Waals surface area contributed by atoms with Gasteiger partial charge < -0.3 is 5.32 Å². The molecule has 1 N–H and O–H groups in total. The second kappa shape index (κ2) is 7.12. The highest BCUT2D eigenvalue weighted by Gasteiger charge is 2.30. The van der Waals surface area contributed by atoms with E-state index in [0.29, 0.717) is 0 Å². The molecular formula is C11H17ClN4O4S. The minimum Gasteiger partial charge on any atom is -0.317 e. The summed E-state index contributed by atoms with van der Waals surface area (Å²) < 4.78 is 26.1. The van der Waals surface area contributed by atoms with Crippen LogP contribution in [-0.4, -0.2) is 48.8 Å². The molecule has 0 spiro atoms. The summed E-state index contributed by atoms with van der Waals surface area (Å²) in [7, 11) is -2.19. The fraction of sp³-hybridized carbons (Fsp3) is 0.545. The van der Waals surface area contributed by atoms with Gasteiger partial charge in [-0.1, -0.05) is 0 Å². The summed E-state index contributed by atoms with van der Waals surface area (Å²) in [5.74, 6) is 0. The SMILES string of the molecule is CN(C1CCNCC1)S(=O)(=O)c1ccc([N+](=O)[O-])cn1.Cl. The normalized spacial score (nSPS) is 16.5. The fourth-order valence-electron chi connectivity index (χ4n) is 2.15. The number of sulfonamides is 1. The molecule has 21 heavy (non-hydrogen) atoms. The number of hydrogen-bond acceptors (Lipinski definition) is 6. The quantitative estimate of drug-likeness (QED) is 0.643. The molecule has 1 aliphatic heterocycles. The molecule has 2 rings (SSSR count). The van der Waals surface area contributed by atoms with Crippen LogP contribution in [0.15, 0.2) is 23.4 Å². The van der Waals surface area contributed by atoms with Crippen LogP contribution in [0, 0.1) is 10.1 Å². The molecule has 0 atom stereocenters. The third-order valence-corrected chi connectivity index (χ3v) is 5.22. The highest BCUT2D eigenvalue weighted by atomic mass is 35.5. The fourth-order valence-corrected chi connectivity index (χ4v) is 3.47.